The van der Waals surface area contributed by atoms with Crippen LogP contribution in [0.15, 0.2) is 16.8 Å². The molecule has 1 N–H and O–H groups in total. The molecule has 1 amide bonds. The molecule has 18 heavy (non-hydrogen) atoms. The average molecular weight is 251 g/mol. The number of hydrogen-bond acceptors (Lipinski definition) is 6. The van der Waals surface area contributed by atoms with Gasteiger partial charge in [-0.25, -0.2) is 10.5 Å². The molecule has 7 heteroatoms. The van der Waals surface area contributed by atoms with E-state index in [-0.39, 0.29) is 12.5 Å². The third-order valence-corrected chi connectivity index (χ3v) is 2.33. The molecule has 0 unspecified atom stereocenters. The molecular weight excluding hydrogens is 238 g/mol. The van der Waals surface area contributed by atoms with Crippen molar-refractivity contribution >= 4 is 17.0 Å². The predicted molar refractivity (Wildman–Crippen MR) is 61.8 cm³/mol. The number of fused-ring (bicyclic) bond motifs is 1. The van der Waals surface area contributed by atoms with Crippen molar-refractivity contribution in [3.05, 3.63) is 23.5 Å². The Balaban J connectivity index is 2.05. The standard InChI is InChI=1S/C11H13N3O4/c1-7-9-5-8(6-12-11(9)18-13-7)10(15)14-17-4-3-16-2/h5-6H,3-4H2,1-2H3,(H,14,15). The molecule has 0 spiro atoms. The average Bonchev–Trinajstić information content (AvgIpc) is 2.76. The van der Waals surface area contributed by atoms with Crippen molar-refractivity contribution in [1.29, 1.82) is 0 Å². The van der Waals surface area contributed by atoms with Crippen LogP contribution in [-0.2, 0) is 9.57 Å². The number of amides is 1. The van der Waals surface area contributed by atoms with E-state index in [1.807, 2.05) is 0 Å². The topological polar surface area (TPSA) is 86.5 Å². The summed E-state index contributed by atoms with van der Waals surface area (Å²) < 4.78 is 9.74. The van der Waals surface area contributed by atoms with Crippen LogP contribution in [-0.4, -0.2) is 36.4 Å². The van der Waals surface area contributed by atoms with Gasteiger partial charge >= 0.3 is 0 Å². The summed E-state index contributed by atoms with van der Waals surface area (Å²) in [4.78, 5) is 20.6. The summed E-state index contributed by atoms with van der Waals surface area (Å²) in [5.74, 6) is -0.374. The molecule has 0 saturated carbocycles. The Kier molecular flexibility index (Phi) is 3.85. The number of hydrogen-bond donors (Lipinski definition) is 1. The Bertz CT molecular complexity index is 552. The summed E-state index contributed by atoms with van der Waals surface area (Å²) in [5.41, 5.74) is 3.78. The minimum Gasteiger partial charge on any atom is -0.382 e. The molecule has 2 heterocycles. The first-order valence-electron chi connectivity index (χ1n) is 5.35. The zero-order valence-electron chi connectivity index (χ0n) is 10.1. The second kappa shape index (κ2) is 5.56. The fourth-order valence-electron chi connectivity index (χ4n) is 1.37. The van der Waals surface area contributed by atoms with Gasteiger partial charge in [-0.05, 0) is 13.0 Å². The van der Waals surface area contributed by atoms with Crippen LogP contribution < -0.4 is 5.48 Å². The van der Waals surface area contributed by atoms with Crippen molar-refractivity contribution in [2.24, 2.45) is 0 Å². The van der Waals surface area contributed by atoms with Crippen LogP contribution >= 0.6 is 0 Å². The molecule has 2 rings (SSSR count). The van der Waals surface area contributed by atoms with Crippen molar-refractivity contribution in [2.75, 3.05) is 20.3 Å². The highest BCUT2D eigenvalue weighted by Gasteiger charge is 2.11. The highest BCUT2D eigenvalue weighted by Crippen LogP contribution is 2.16. The Labute approximate surface area is 103 Å². The van der Waals surface area contributed by atoms with Gasteiger partial charge in [0.1, 0.15) is 0 Å². The van der Waals surface area contributed by atoms with E-state index in [4.69, 9.17) is 14.1 Å². The molecule has 0 aliphatic heterocycles. The van der Waals surface area contributed by atoms with Crippen molar-refractivity contribution in [3.8, 4) is 0 Å². The fourth-order valence-corrected chi connectivity index (χ4v) is 1.37. The maximum atomic E-state index is 11.7. The van der Waals surface area contributed by atoms with Gasteiger partial charge in [-0.2, -0.15) is 0 Å². The maximum Gasteiger partial charge on any atom is 0.276 e. The summed E-state index contributed by atoms with van der Waals surface area (Å²) in [6.45, 7) is 2.47. The molecule has 0 fully saturated rings. The van der Waals surface area contributed by atoms with Gasteiger partial charge < -0.3 is 9.26 Å². The van der Waals surface area contributed by atoms with E-state index >= 15 is 0 Å². The summed E-state index contributed by atoms with van der Waals surface area (Å²) in [5, 5.41) is 4.47. The lowest BCUT2D eigenvalue weighted by Crippen LogP contribution is -2.25. The third kappa shape index (κ3) is 2.63. The molecule has 0 aliphatic carbocycles. The highest BCUT2D eigenvalue weighted by molar-refractivity contribution is 5.96. The number of aromatic nitrogens is 2. The number of rotatable bonds is 5. The molecule has 0 aliphatic rings. The van der Waals surface area contributed by atoms with Crippen LogP contribution in [0.1, 0.15) is 16.1 Å². The number of carbonyl (C=O) groups excluding carboxylic acids is 1. The minimum atomic E-state index is -0.374. The van der Waals surface area contributed by atoms with Crippen LogP contribution in [0.5, 0.6) is 0 Å². The summed E-state index contributed by atoms with van der Waals surface area (Å²) in [7, 11) is 1.55. The Hall–Kier alpha value is -1.99. The Morgan fingerprint density at radius 1 is 1.50 bits per heavy atom. The normalized spacial score (nSPS) is 10.8. The van der Waals surface area contributed by atoms with Gasteiger partial charge in [0.25, 0.3) is 11.6 Å². The lowest BCUT2D eigenvalue weighted by molar-refractivity contribution is 0.00887. The summed E-state index contributed by atoms with van der Waals surface area (Å²) >= 11 is 0. The van der Waals surface area contributed by atoms with E-state index in [1.54, 1.807) is 20.1 Å². The van der Waals surface area contributed by atoms with Crippen LogP contribution in [0, 0.1) is 6.92 Å². The first-order chi connectivity index (χ1) is 8.72. The zero-order chi connectivity index (χ0) is 13.0. The molecule has 2 aromatic rings. The van der Waals surface area contributed by atoms with Gasteiger partial charge in [-0.3, -0.25) is 9.63 Å². The number of carbonyl (C=O) groups is 1. The van der Waals surface area contributed by atoms with Crippen LogP contribution in [0.4, 0.5) is 0 Å². The Morgan fingerprint density at radius 2 is 2.33 bits per heavy atom. The number of aryl methyl sites for hydroxylation is 1. The van der Waals surface area contributed by atoms with Gasteiger partial charge in [0.15, 0.2) is 0 Å². The van der Waals surface area contributed by atoms with Crippen LogP contribution in [0.2, 0.25) is 0 Å². The number of nitrogens with zero attached hydrogens (tertiary/aromatic N) is 2. The number of hydroxylamine groups is 1. The van der Waals surface area contributed by atoms with Gasteiger partial charge in [-0.15, -0.1) is 0 Å². The minimum absolute atomic E-state index is 0.282. The molecule has 0 atom stereocenters. The smallest absolute Gasteiger partial charge is 0.276 e. The SMILES string of the molecule is COCCONC(=O)c1cnc2onc(C)c2c1. The molecule has 0 radical (unpaired) electrons. The van der Waals surface area contributed by atoms with Crippen molar-refractivity contribution < 1.29 is 18.9 Å². The third-order valence-electron chi connectivity index (χ3n) is 2.33. The van der Waals surface area contributed by atoms with Gasteiger partial charge in [0, 0.05) is 13.3 Å². The fraction of sp³-hybridized carbons (Fsp3) is 0.364. The summed E-state index contributed by atoms with van der Waals surface area (Å²) in [6.07, 6.45) is 1.40. The van der Waals surface area contributed by atoms with Crippen molar-refractivity contribution in [2.45, 2.75) is 6.92 Å². The largest absolute Gasteiger partial charge is 0.382 e. The molecule has 0 aromatic carbocycles. The van der Waals surface area contributed by atoms with E-state index in [1.165, 1.54) is 6.20 Å². The van der Waals surface area contributed by atoms with Gasteiger partial charge in [0.05, 0.1) is 29.9 Å². The number of nitrogens with one attached hydrogen (secondary N) is 1. The molecule has 0 saturated heterocycles. The van der Waals surface area contributed by atoms with Crippen molar-refractivity contribution in [1.82, 2.24) is 15.6 Å². The lowest BCUT2D eigenvalue weighted by Gasteiger charge is -2.04. The number of ether oxygens (including phenoxy) is 1. The van der Waals surface area contributed by atoms with Gasteiger partial charge in [0.2, 0.25) is 0 Å². The zero-order valence-corrected chi connectivity index (χ0v) is 10.1. The molecule has 7 nitrogen and oxygen atoms in total. The second-order valence-corrected chi connectivity index (χ2v) is 3.62. The quantitative estimate of drug-likeness (QED) is 0.626. The number of pyridine rings is 1. The van der Waals surface area contributed by atoms with E-state index < -0.39 is 0 Å². The van der Waals surface area contributed by atoms with Crippen LogP contribution in [0.25, 0.3) is 11.1 Å². The number of methoxy groups -OCH3 is 1. The lowest BCUT2D eigenvalue weighted by atomic mass is 10.2. The van der Waals surface area contributed by atoms with E-state index in [2.05, 4.69) is 15.6 Å². The molecule has 2 aromatic heterocycles. The first-order valence-corrected chi connectivity index (χ1v) is 5.35. The monoisotopic (exact) mass is 251 g/mol. The van der Waals surface area contributed by atoms with E-state index in [9.17, 15) is 4.79 Å². The first kappa shape index (κ1) is 12.5. The second-order valence-electron chi connectivity index (χ2n) is 3.62. The van der Waals surface area contributed by atoms with E-state index in [0.29, 0.717) is 29.0 Å². The Morgan fingerprint density at radius 3 is 3.11 bits per heavy atom. The van der Waals surface area contributed by atoms with Crippen LogP contribution in [0.3, 0.4) is 0 Å². The highest BCUT2D eigenvalue weighted by atomic mass is 16.7. The molecule has 96 valence electrons. The predicted octanol–water partition coefficient (Wildman–Crippen LogP) is 0.839. The van der Waals surface area contributed by atoms with Gasteiger partial charge in [-0.1, -0.05) is 5.16 Å². The molecular formula is C11H13N3O4. The van der Waals surface area contributed by atoms with Crippen molar-refractivity contribution in [3.63, 3.8) is 0 Å². The summed E-state index contributed by atoms with van der Waals surface area (Å²) in [6, 6.07) is 1.66. The van der Waals surface area contributed by atoms with E-state index in [0.717, 1.165) is 0 Å². The molecule has 0 bridgehead atoms. The maximum absolute atomic E-state index is 11.7.